The summed E-state index contributed by atoms with van der Waals surface area (Å²) < 4.78 is 26.9. The molecular weight excluding hydrogens is 300 g/mol. The van der Waals surface area contributed by atoms with Crippen LogP contribution in [0.25, 0.3) is 0 Å². The SMILES string of the molecule is CCCCN(C)C(=O)c1ccc(S(=O)(=O)NC(C)CC)cc1. The van der Waals surface area contributed by atoms with Gasteiger partial charge in [-0.1, -0.05) is 20.3 Å². The van der Waals surface area contributed by atoms with Gasteiger partial charge in [-0.2, -0.15) is 0 Å². The number of unbranched alkanes of at least 4 members (excludes halogenated alkanes) is 1. The molecule has 22 heavy (non-hydrogen) atoms. The van der Waals surface area contributed by atoms with E-state index in [-0.39, 0.29) is 16.8 Å². The number of sulfonamides is 1. The van der Waals surface area contributed by atoms with Crippen molar-refractivity contribution in [1.82, 2.24) is 9.62 Å². The lowest BCUT2D eigenvalue weighted by molar-refractivity contribution is 0.0793. The van der Waals surface area contributed by atoms with Crippen molar-refractivity contribution in [1.29, 1.82) is 0 Å². The lowest BCUT2D eigenvalue weighted by Gasteiger charge is -2.17. The molecule has 0 aliphatic heterocycles. The van der Waals surface area contributed by atoms with Gasteiger partial charge in [-0.05, 0) is 44.0 Å². The highest BCUT2D eigenvalue weighted by molar-refractivity contribution is 7.89. The molecule has 1 aromatic rings. The summed E-state index contributed by atoms with van der Waals surface area (Å²) in [5.41, 5.74) is 0.501. The van der Waals surface area contributed by atoms with Gasteiger partial charge < -0.3 is 4.90 Å². The molecule has 1 N–H and O–H groups in total. The summed E-state index contributed by atoms with van der Waals surface area (Å²) >= 11 is 0. The maximum atomic E-state index is 12.2. The average Bonchev–Trinajstić information content (AvgIpc) is 2.51. The Balaban J connectivity index is 2.84. The molecule has 0 radical (unpaired) electrons. The molecule has 0 saturated carbocycles. The number of benzene rings is 1. The first-order valence-electron chi connectivity index (χ1n) is 7.69. The van der Waals surface area contributed by atoms with Crippen molar-refractivity contribution < 1.29 is 13.2 Å². The minimum atomic E-state index is -3.52. The molecule has 0 aromatic heterocycles. The summed E-state index contributed by atoms with van der Waals surface area (Å²) in [5.74, 6) is -0.0905. The topological polar surface area (TPSA) is 66.5 Å². The quantitative estimate of drug-likeness (QED) is 0.798. The molecular formula is C16H26N2O3S. The van der Waals surface area contributed by atoms with Crippen LogP contribution >= 0.6 is 0 Å². The Morgan fingerprint density at radius 1 is 1.23 bits per heavy atom. The molecule has 0 spiro atoms. The standard InChI is InChI=1S/C16H26N2O3S/c1-5-7-12-18(4)16(19)14-8-10-15(11-9-14)22(20,21)17-13(3)6-2/h8-11,13,17H,5-7,12H2,1-4H3. The van der Waals surface area contributed by atoms with Crippen molar-refractivity contribution in [3.8, 4) is 0 Å². The van der Waals surface area contributed by atoms with Crippen LogP contribution in [0.4, 0.5) is 0 Å². The lowest BCUT2D eigenvalue weighted by atomic mass is 10.2. The summed E-state index contributed by atoms with van der Waals surface area (Å²) in [6.45, 7) is 6.51. The first kappa shape index (κ1) is 18.6. The number of carbonyl (C=O) groups excluding carboxylic acids is 1. The molecule has 0 heterocycles. The van der Waals surface area contributed by atoms with Crippen molar-refractivity contribution in [2.24, 2.45) is 0 Å². The molecule has 1 aromatic carbocycles. The summed E-state index contributed by atoms with van der Waals surface area (Å²) in [6.07, 6.45) is 2.70. The van der Waals surface area contributed by atoms with Gasteiger partial charge in [0.25, 0.3) is 5.91 Å². The summed E-state index contributed by atoms with van der Waals surface area (Å²) in [4.78, 5) is 14.0. The van der Waals surface area contributed by atoms with E-state index in [1.165, 1.54) is 12.1 Å². The molecule has 1 amide bonds. The molecule has 0 aliphatic carbocycles. The van der Waals surface area contributed by atoms with Gasteiger partial charge in [-0.3, -0.25) is 4.79 Å². The molecule has 1 rings (SSSR count). The minimum absolute atomic E-state index is 0.0905. The molecule has 1 atom stereocenters. The number of hydrogen-bond acceptors (Lipinski definition) is 3. The number of hydrogen-bond donors (Lipinski definition) is 1. The van der Waals surface area contributed by atoms with Crippen LogP contribution in [0.5, 0.6) is 0 Å². The smallest absolute Gasteiger partial charge is 0.253 e. The van der Waals surface area contributed by atoms with E-state index < -0.39 is 10.0 Å². The summed E-state index contributed by atoms with van der Waals surface area (Å²) in [7, 11) is -1.77. The summed E-state index contributed by atoms with van der Waals surface area (Å²) in [5, 5.41) is 0. The predicted octanol–water partition coefficient (Wildman–Crippen LogP) is 2.64. The largest absolute Gasteiger partial charge is 0.342 e. The van der Waals surface area contributed by atoms with Gasteiger partial charge in [0.2, 0.25) is 10.0 Å². The maximum Gasteiger partial charge on any atom is 0.253 e. The highest BCUT2D eigenvalue weighted by Crippen LogP contribution is 2.13. The van der Waals surface area contributed by atoms with E-state index in [1.54, 1.807) is 24.1 Å². The van der Waals surface area contributed by atoms with Crippen molar-refractivity contribution in [2.45, 2.75) is 51.0 Å². The highest BCUT2D eigenvalue weighted by atomic mass is 32.2. The van der Waals surface area contributed by atoms with Crippen molar-refractivity contribution >= 4 is 15.9 Å². The van der Waals surface area contributed by atoms with Crippen molar-refractivity contribution in [3.05, 3.63) is 29.8 Å². The second-order valence-electron chi connectivity index (χ2n) is 5.54. The van der Waals surface area contributed by atoms with Crippen molar-refractivity contribution in [3.63, 3.8) is 0 Å². The van der Waals surface area contributed by atoms with E-state index in [0.29, 0.717) is 12.1 Å². The third kappa shape index (κ3) is 5.10. The zero-order chi connectivity index (χ0) is 16.8. The minimum Gasteiger partial charge on any atom is -0.342 e. The van der Waals surface area contributed by atoms with Gasteiger partial charge in [0.15, 0.2) is 0 Å². The van der Waals surface area contributed by atoms with E-state index in [4.69, 9.17) is 0 Å². The third-order valence-corrected chi connectivity index (χ3v) is 5.18. The van der Waals surface area contributed by atoms with Gasteiger partial charge in [0, 0.05) is 25.2 Å². The Morgan fingerprint density at radius 3 is 2.32 bits per heavy atom. The molecule has 1 unspecified atom stereocenters. The fourth-order valence-electron chi connectivity index (χ4n) is 1.91. The van der Waals surface area contributed by atoms with Crippen LogP contribution in [0.2, 0.25) is 0 Å². The van der Waals surface area contributed by atoms with Crippen LogP contribution < -0.4 is 4.72 Å². The number of amides is 1. The van der Waals surface area contributed by atoms with Gasteiger partial charge in [0.05, 0.1) is 4.90 Å². The number of rotatable bonds is 8. The normalized spacial score (nSPS) is 12.9. The van der Waals surface area contributed by atoms with Gasteiger partial charge in [0.1, 0.15) is 0 Å². The van der Waals surface area contributed by atoms with E-state index in [1.807, 2.05) is 13.8 Å². The monoisotopic (exact) mass is 326 g/mol. The van der Waals surface area contributed by atoms with Crippen LogP contribution in [-0.2, 0) is 10.0 Å². The van der Waals surface area contributed by atoms with Crippen LogP contribution in [0.3, 0.4) is 0 Å². The first-order valence-corrected chi connectivity index (χ1v) is 9.18. The molecule has 124 valence electrons. The van der Waals surface area contributed by atoms with Crippen molar-refractivity contribution in [2.75, 3.05) is 13.6 Å². The Labute approximate surface area is 133 Å². The molecule has 0 aliphatic rings. The average molecular weight is 326 g/mol. The van der Waals surface area contributed by atoms with Crippen LogP contribution in [0.1, 0.15) is 50.4 Å². The maximum absolute atomic E-state index is 12.2. The second-order valence-corrected chi connectivity index (χ2v) is 7.25. The van der Waals surface area contributed by atoms with Crippen LogP contribution in [0.15, 0.2) is 29.2 Å². The first-order chi connectivity index (χ1) is 10.3. The Morgan fingerprint density at radius 2 is 1.82 bits per heavy atom. The highest BCUT2D eigenvalue weighted by Gasteiger charge is 2.18. The zero-order valence-electron chi connectivity index (χ0n) is 13.8. The molecule has 0 saturated heterocycles. The molecule has 0 fully saturated rings. The van der Waals surface area contributed by atoms with E-state index in [2.05, 4.69) is 11.6 Å². The summed E-state index contributed by atoms with van der Waals surface area (Å²) in [6, 6.07) is 5.97. The fourth-order valence-corrected chi connectivity index (χ4v) is 3.24. The number of carbonyl (C=O) groups is 1. The Hall–Kier alpha value is -1.40. The van der Waals surface area contributed by atoms with E-state index in [0.717, 1.165) is 19.3 Å². The second kappa shape index (κ2) is 8.29. The number of nitrogens with zero attached hydrogens (tertiary/aromatic N) is 1. The zero-order valence-corrected chi connectivity index (χ0v) is 14.6. The fraction of sp³-hybridized carbons (Fsp3) is 0.562. The van der Waals surface area contributed by atoms with E-state index >= 15 is 0 Å². The van der Waals surface area contributed by atoms with E-state index in [9.17, 15) is 13.2 Å². The van der Waals surface area contributed by atoms with Gasteiger partial charge in [-0.25, -0.2) is 13.1 Å². The molecule has 6 heteroatoms. The lowest BCUT2D eigenvalue weighted by Crippen LogP contribution is -2.32. The Bertz CT molecular complexity index is 582. The Kier molecular flexibility index (Phi) is 7.03. The molecule has 5 nitrogen and oxygen atoms in total. The predicted molar refractivity (Wildman–Crippen MR) is 88.4 cm³/mol. The number of nitrogens with one attached hydrogen (secondary N) is 1. The molecule has 0 bridgehead atoms. The van der Waals surface area contributed by atoms with Gasteiger partial charge in [-0.15, -0.1) is 0 Å². The van der Waals surface area contributed by atoms with Crippen LogP contribution in [-0.4, -0.2) is 38.9 Å². The van der Waals surface area contributed by atoms with Gasteiger partial charge >= 0.3 is 0 Å². The third-order valence-electron chi connectivity index (χ3n) is 3.57. The van der Waals surface area contributed by atoms with Crippen LogP contribution in [0, 0.1) is 0 Å².